The van der Waals surface area contributed by atoms with Crippen molar-refractivity contribution in [2.24, 2.45) is 0 Å². The van der Waals surface area contributed by atoms with Gasteiger partial charge in [-0.1, -0.05) is 23.5 Å². The van der Waals surface area contributed by atoms with Crippen LogP contribution in [0.1, 0.15) is 0 Å². The first kappa shape index (κ1) is 14.2. The van der Waals surface area contributed by atoms with Gasteiger partial charge in [0.1, 0.15) is 15.5 Å². The van der Waals surface area contributed by atoms with Crippen LogP contribution in [0.3, 0.4) is 0 Å². The molecule has 0 atom stereocenters. The van der Waals surface area contributed by atoms with Crippen molar-refractivity contribution < 1.29 is 5.11 Å². The zero-order chi connectivity index (χ0) is 13.4. The van der Waals surface area contributed by atoms with Gasteiger partial charge in [0.15, 0.2) is 0 Å². The fraction of sp³-hybridized carbons (Fsp3) is 0.182. The molecule has 0 spiro atoms. The maximum Gasteiger partial charge on any atom is 0.116 e. The summed E-state index contributed by atoms with van der Waals surface area (Å²) in [7, 11) is 0. The van der Waals surface area contributed by atoms with Crippen molar-refractivity contribution in [1.82, 2.24) is 4.98 Å². The molecule has 100 valence electrons. The van der Waals surface area contributed by atoms with E-state index in [-0.39, 0.29) is 0 Å². The molecule has 3 heterocycles. The third kappa shape index (κ3) is 2.58. The van der Waals surface area contributed by atoms with E-state index >= 15 is 0 Å². The van der Waals surface area contributed by atoms with Gasteiger partial charge < -0.3 is 5.11 Å². The lowest BCUT2D eigenvalue weighted by atomic mass is 10.6. The van der Waals surface area contributed by atoms with Crippen LogP contribution < -0.4 is 9.20 Å². The van der Waals surface area contributed by atoms with Crippen molar-refractivity contribution in [3.8, 4) is 0 Å². The van der Waals surface area contributed by atoms with Gasteiger partial charge in [0.25, 0.3) is 0 Å². The highest BCUT2D eigenvalue weighted by molar-refractivity contribution is 8.45. The van der Waals surface area contributed by atoms with Crippen molar-refractivity contribution in [1.29, 1.82) is 0 Å². The third-order valence-electron chi connectivity index (χ3n) is 2.37. The Kier molecular flexibility index (Phi) is 4.45. The third-order valence-corrected chi connectivity index (χ3v) is 10.7. The second-order valence-corrected chi connectivity index (χ2v) is 10.2. The number of aromatic nitrogens is 1. The fourth-order valence-corrected chi connectivity index (χ4v) is 9.35. The Bertz CT molecular complexity index is 798. The summed E-state index contributed by atoms with van der Waals surface area (Å²) < 4.78 is 7.67. The van der Waals surface area contributed by atoms with Crippen molar-refractivity contribution in [2.75, 3.05) is 12.5 Å². The van der Waals surface area contributed by atoms with Crippen LogP contribution in [0.4, 0.5) is 0 Å². The highest BCUT2D eigenvalue weighted by Crippen LogP contribution is 2.56. The van der Waals surface area contributed by atoms with Gasteiger partial charge in [0.05, 0.1) is 21.8 Å². The molecular formula is C11H9NOS6. The van der Waals surface area contributed by atoms with Crippen LogP contribution in [-0.4, -0.2) is 22.6 Å². The van der Waals surface area contributed by atoms with Gasteiger partial charge in [0.2, 0.25) is 0 Å². The van der Waals surface area contributed by atoms with Crippen molar-refractivity contribution in [3.05, 3.63) is 32.9 Å². The van der Waals surface area contributed by atoms with Gasteiger partial charge >= 0.3 is 0 Å². The molecule has 0 amide bonds. The predicted molar refractivity (Wildman–Crippen MR) is 94.3 cm³/mol. The van der Waals surface area contributed by atoms with Crippen molar-refractivity contribution >= 4 is 80.2 Å². The summed E-state index contributed by atoms with van der Waals surface area (Å²) in [5.74, 6) is 0. The van der Waals surface area contributed by atoms with Gasteiger partial charge in [-0.25, -0.2) is 0 Å². The van der Waals surface area contributed by atoms with Crippen molar-refractivity contribution in [2.45, 2.75) is 0 Å². The van der Waals surface area contributed by atoms with E-state index in [1.165, 1.54) is 16.6 Å². The number of nitrogens with zero attached hydrogens (tertiary/aromatic N) is 1. The quantitative estimate of drug-likeness (QED) is 0.877. The molecular weight excluding hydrogens is 355 g/mol. The Morgan fingerprint density at radius 1 is 1.16 bits per heavy atom. The van der Waals surface area contributed by atoms with Crippen LogP contribution >= 0.6 is 69.7 Å². The number of rotatable bonds is 2. The first-order valence-electron chi connectivity index (χ1n) is 5.18. The first-order chi connectivity index (χ1) is 9.26. The van der Waals surface area contributed by atoms with Gasteiger partial charge in [-0.3, -0.25) is 4.98 Å². The van der Waals surface area contributed by atoms with Crippen LogP contribution in [0.2, 0.25) is 0 Å². The topological polar surface area (TPSA) is 33.1 Å². The van der Waals surface area contributed by atoms with E-state index in [0.717, 1.165) is 15.3 Å². The molecule has 0 unspecified atom stereocenters. The zero-order valence-corrected chi connectivity index (χ0v) is 14.9. The molecule has 1 N–H and O–H groups in total. The summed E-state index contributed by atoms with van der Waals surface area (Å²) >= 11 is 10.8. The highest BCUT2D eigenvalue weighted by Gasteiger charge is 2.21. The molecule has 3 aliphatic rings. The van der Waals surface area contributed by atoms with E-state index in [4.69, 9.17) is 5.11 Å². The molecule has 0 radical (unpaired) electrons. The van der Waals surface area contributed by atoms with Crippen LogP contribution in [0.25, 0.3) is 10.5 Å². The molecule has 0 aliphatic carbocycles. The van der Waals surface area contributed by atoms with Crippen LogP contribution in [0.15, 0.2) is 14.7 Å². The molecule has 19 heavy (non-hydrogen) atoms. The predicted octanol–water partition coefficient (Wildman–Crippen LogP) is 3.62. The second-order valence-electron chi connectivity index (χ2n) is 3.43. The van der Waals surface area contributed by atoms with E-state index < -0.39 is 0 Å². The second kappa shape index (κ2) is 5.95. The minimum atomic E-state index is 0.680. The number of hydrogen-bond acceptors (Lipinski definition) is 8. The summed E-state index contributed by atoms with van der Waals surface area (Å²) in [5, 5.41) is 9.83. The Labute approximate surface area is 135 Å². The van der Waals surface area contributed by atoms with Gasteiger partial charge in [-0.05, 0) is 12.5 Å². The first-order valence-corrected chi connectivity index (χ1v) is 10.9. The summed E-state index contributed by atoms with van der Waals surface area (Å²) in [6.45, 7) is 0. The Balaban J connectivity index is 2.11. The molecule has 3 rings (SSSR count). The molecule has 3 aliphatic heterocycles. The maximum atomic E-state index is 9.15. The smallest absolute Gasteiger partial charge is 0.116 e. The molecule has 0 saturated heterocycles. The lowest BCUT2D eigenvalue weighted by Gasteiger charge is -1.94. The van der Waals surface area contributed by atoms with Crippen molar-refractivity contribution in [3.63, 3.8) is 0 Å². The number of aliphatic hydroxyl groups is 1. The molecule has 0 aromatic carbocycles. The number of aliphatic hydroxyl groups excluding tert-OH is 1. The van der Waals surface area contributed by atoms with Crippen LogP contribution in [0.5, 0.6) is 0 Å². The molecule has 8 heteroatoms. The lowest BCUT2D eigenvalue weighted by molar-refractivity contribution is 0.538. The van der Waals surface area contributed by atoms with E-state index in [9.17, 15) is 0 Å². The highest BCUT2D eigenvalue weighted by atomic mass is 32.3. The van der Waals surface area contributed by atoms with Crippen LogP contribution in [-0.2, 0) is 0 Å². The molecule has 0 fully saturated rings. The molecule has 0 saturated carbocycles. The SMILES string of the molecule is CSC1=C(SC)SC(=c2sc3cn/c(=C\O)c=3s2)S1. The standard InChI is InChI=1S/C11H9NOS6/c1-14-8-9(15-2)19-11(18-8)10-16-6-3-12-5(4-13)7(6)17-10/h3-4,13H,1-2H3/b5-4-. The van der Waals surface area contributed by atoms with Gasteiger partial charge in [-0.15, -0.1) is 46.2 Å². The Hall–Kier alpha value is 0.270. The maximum absolute atomic E-state index is 9.15. The fourth-order valence-electron chi connectivity index (χ4n) is 1.54. The van der Waals surface area contributed by atoms with E-state index in [1.54, 1.807) is 22.7 Å². The van der Waals surface area contributed by atoms with Gasteiger partial charge in [-0.2, -0.15) is 0 Å². The minimum absolute atomic E-state index is 0.680. The number of hydrogen-bond donors (Lipinski definition) is 1. The normalized spacial score (nSPS) is 17.2. The molecule has 2 nitrogen and oxygen atoms in total. The van der Waals surface area contributed by atoms with E-state index in [0.29, 0.717) is 5.35 Å². The largest absolute Gasteiger partial charge is 0.513 e. The van der Waals surface area contributed by atoms with Crippen LogP contribution in [0, 0.1) is 9.06 Å². The lowest BCUT2D eigenvalue weighted by Crippen LogP contribution is -2.01. The molecule has 0 bridgehead atoms. The van der Waals surface area contributed by atoms with E-state index in [1.807, 2.05) is 53.2 Å². The summed E-state index contributed by atoms with van der Waals surface area (Å²) in [4.78, 5) is 4.18. The monoisotopic (exact) mass is 363 g/mol. The summed E-state index contributed by atoms with van der Waals surface area (Å²) in [6, 6.07) is 0. The van der Waals surface area contributed by atoms with Gasteiger partial charge in [0, 0.05) is 6.20 Å². The Morgan fingerprint density at radius 3 is 2.42 bits per heavy atom. The van der Waals surface area contributed by atoms with E-state index in [2.05, 4.69) is 17.5 Å². The minimum Gasteiger partial charge on any atom is -0.513 e. The molecule has 0 aromatic rings. The average Bonchev–Trinajstić information content (AvgIpc) is 3.10. The molecule has 0 aromatic heterocycles. The average molecular weight is 364 g/mol. The summed E-state index contributed by atoms with van der Waals surface area (Å²) in [5.41, 5.74) is 0. The zero-order valence-electron chi connectivity index (χ0n) is 10.00. The Morgan fingerprint density at radius 2 is 1.84 bits per heavy atom. The summed E-state index contributed by atoms with van der Waals surface area (Å²) in [6.07, 6.45) is 7.18. The number of thioether (sulfide) groups is 4.